The van der Waals surface area contributed by atoms with Crippen LogP contribution in [-0.4, -0.2) is 34.3 Å². The molecule has 2 heterocycles. The van der Waals surface area contributed by atoms with Crippen LogP contribution in [0.1, 0.15) is 16.6 Å². The molecule has 0 N–H and O–H groups in total. The first-order chi connectivity index (χ1) is 13.0. The fraction of sp³-hybridized carbons (Fsp3) is 0.118. The molecule has 0 spiro atoms. The van der Waals surface area contributed by atoms with Gasteiger partial charge in [0.05, 0.1) is 0 Å². The molecule has 4 rings (SSSR count). The number of hydrogen-bond donors (Lipinski definition) is 0. The molecular formula is C17H10ClF3N4SSe. The third-order valence-corrected chi connectivity index (χ3v) is 6.92. The molecule has 27 heavy (non-hydrogen) atoms. The molecule has 0 aliphatic heterocycles. The quantitative estimate of drug-likeness (QED) is 0.306. The number of halogens is 4. The molecule has 0 atom stereocenters. The Kier molecular flexibility index (Phi) is 5.27. The summed E-state index contributed by atoms with van der Waals surface area (Å²) in [4.78, 5) is 4.70. The molecule has 0 bridgehead atoms. The molecule has 0 fully saturated rings. The average Bonchev–Trinajstić information content (AvgIpc) is 3.25. The molecule has 0 aliphatic carbocycles. The van der Waals surface area contributed by atoms with Crippen molar-refractivity contribution in [3.05, 3.63) is 63.7 Å². The Morgan fingerprint density at radius 2 is 1.93 bits per heavy atom. The van der Waals surface area contributed by atoms with Crippen molar-refractivity contribution in [2.45, 2.75) is 17.1 Å². The van der Waals surface area contributed by atoms with Crippen LogP contribution in [0.3, 0.4) is 0 Å². The standard InChI is InChI=1S/C17H10ClF3N4SSe/c18-16-22-13-11(19)6-10(26-8-9-4-2-1-3-5-9)7-12(13)25(16)17-24-23-15(27-17)14(20)21/h1-7,14H,8H2. The summed E-state index contributed by atoms with van der Waals surface area (Å²) in [6.45, 7) is 0. The topological polar surface area (TPSA) is 43.6 Å². The van der Waals surface area contributed by atoms with Gasteiger partial charge in [-0.25, -0.2) is 0 Å². The first kappa shape index (κ1) is 18.6. The van der Waals surface area contributed by atoms with Crippen LogP contribution in [0.25, 0.3) is 15.7 Å². The molecule has 0 saturated carbocycles. The number of imidazole rings is 1. The summed E-state index contributed by atoms with van der Waals surface area (Å²) in [5.74, 6) is 0.141. The second kappa shape index (κ2) is 7.67. The number of thioether (sulfide) groups is 1. The van der Waals surface area contributed by atoms with E-state index in [-0.39, 0.29) is 20.1 Å². The van der Waals surface area contributed by atoms with Crippen molar-refractivity contribution < 1.29 is 13.2 Å². The van der Waals surface area contributed by atoms with E-state index in [1.165, 1.54) is 22.4 Å². The Bertz CT molecular complexity index is 1100. The van der Waals surface area contributed by atoms with Crippen molar-refractivity contribution in [2.24, 2.45) is 0 Å². The van der Waals surface area contributed by atoms with Crippen LogP contribution in [-0.2, 0) is 5.75 Å². The van der Waals surface area contributed by atoms with Crippen molar-refractivity contribution in [1.82, 2.24) is 19.7 Å². The minimum absolute atomic E-state index is 0.0274. The van der Waals surface area contributed by atoms with Gasteiger partial charge in [-0.05, 0) is 0 Å². The van der Waals surface area contributed by atoms with Crippen molar-refractivity contribution in [3.8, 4) is 4.69 Å². The fourth-order valence-electron chi connectivity index (χ4n) is 2.49. The van der Waals surface area contributed by atoms with Gasteiger partial charge >= 0.3 is 167 Å². The van der Waals surface area contributed by atoms with Gasteiger partial charge in [-0.15, -0.1) is 0 Å². The second-order valence-electron chi connectivity index (χ2n) is 5.49. The predicted octanol–water partition coefficient (Wildman–Crippen LogP) is 4.89. The van der Waals surface area contributed by atoms with Gasteiger partial charge in [-0.1, -0.05) is 0 Å². The molecule has 10 heteroatoms. The minimum atomic E-state index is -2.67. The summed E-state index contributed by atoms with van der Waals surface area (Å²) in [5, 5.41) is 7.30. The molecule has 138 valence electrons. The van der Waals surface area contributed by atoms with Gasteiger partial charge in [0.2, 0.25) is 0 Å². The molecule has 4 aromatic rings. The van der Waals surface area contributed by atoms with Crippen LogP contribution in [0.2, 0.25) is 5.28 Å². The summed E-state index contributed by atoms with van der Waals surface area (Å²) < 4.78 is 41.6. The zero-order valence-corrected chi connectivity index (χ0v) is 16.7. The van der Waals surface area contributed by atoms with E-state index in [0.717, 1.165) is 5.56 Å². The van der Waals surface area contributed by atoms with E-state index in [9.17, 15) is 13.2 Å². The zero-order chi connectivity index (χ0) is 19.0. The predicted molar refractivity (Wildman–Crippen MR) is 99.5 cm³/mol. The second-order valence-corrected chi connectivity index (χ2v) is 8.95. The Morgan fingerprint density at radius 1 is 1.15 bits per heavy atom. The first-order valence-electron chi connectivity index (χ1n) is 7.69. The van der Waals surface area contributed by atoms with E-state index < -0.39 is 26.7 Å². The van der Waals surface area contributed by atoms with Crippen molar-refractivity contribution >= 4 is 48.9 Å². The van der Waals surface area contributed by atoms with Crippen molar-refractivity contribution in [2.75, 3.05) is 0 Å². The SMILES string of the molecule is Fc1cc(SCc2ccccc2)cc2c1nc(Cl)n2-c1nnc(C(F)F)[se]1. The number of benzene rings is 2. The summed E-state index contributed by atoms with van der Waals surface area (Å²) in [5.41, 5.74) is 1.57. The zero-order valence-electron chi connectivity index (χ0n) is 13.4. The van der Waals surface area contributed by atoms with Crippen LogP contribution < -0.4 is 0 Å². The van der Waals surface area contributed by atoms with Gasteiger partial charge in [0, 0.05) is 0 Å². The summed E-state index contributed by atoms with van der Waals surface area (Å²) in [6, 6.07) is 12.9. The number of rotatable bonds is 5. The first-order valence-corrected chi connectivity index (χ1v) is 10.8. The Labute approximate surface area is 167 Å². The van der Waals surface area contributed by atoms with Gasteiger partial charge in [0.15, 0.2) is 0 Å². The molecule has 2 aromatic carbocycles. The molecule has 4 nitrogen and oxygen atoms in total. The maximum atomic E-state index is 14.5. The summed E-state index contributed by atoms with van der Waals surface area (Å²) in [7, 11) is 0. The van der Waals surface area contributed by atoms with E-state index in [4.69, 9.17) is 11.6 Å². The molecule has 2 aromatic heterocycles. The summed E-state index contributed by atoms with van der Waals surface area (Å²) in [6.07, 6.45) is -2.67. The van der Waals surface area contributed by atoms with Gasteiger partial charge < -0.3 is 0 Å². The third-order valence-electron chi connectivity index (χ3n) is 3.70. The number of hydrogen-bond acceptors (Lipinski definition) is 4. The molecule has 0 radical (unpaired) electrons. The number of alkyl halides is 2. The van der Waals surface area contributed by atoms with Gasteiger partial charge in [0.25, 0.3) is 0 Å². The van der Waals surface area contributed by atoms with Gasteiger partial charge in [-0.2, -0.15) is 0 Å². The normalized spacial score (nSPS) is 11.6. The summed E-state index contributed by atoms with van der Waals surface area (Å²) >= 11 is 6.81. The van der Waals surface area contributed by atoms with E-state index in [0.29, 0.717) is 16.2 Å². The van der Waals surface area contributed by atoms with Crippen LogP contribution in [0.15, 0.2) is 47.4 Å². The average molecular weight is 474 g/mol. The number of aromatic nitrogens is 4. The van der Waals surface area contributed by atoms with E-state index in [1.54, 1.807) is 6.07 Å². The third kappa shape index (κ3) is 3.78. The number of fused-ring (bicyclic) bond motifs is 1. The van der Waals surface area contributed by atoms with E-state index in [2.05, 4.69) is 15.2 Å². The van der Waals surface area contributed by atoms with Crippen LogP contribution >= 0.6 is 23.4 Å². The van der Waals surface area contributed by atoms with Crippen LogP contribution in [0, 0.1) is 5.82 Å². The molecule has 0 saturated heterocycles. The monoisotopic (exact) mass is 474 g/mol. The fourth-order valence-corrected chi connectivity index (χ4v) is 5.27. The van der Waals surface area contributed by atoms with Gasteiger partial charge in [-0.3, -0.25) is 0 Å². The Hall–Kier alpha value is -1.80. The van der Waals surface area contributed by atoms with Crippen LogP contribution in [0.4, 0.5) is 13.2 Å². The van der Waals surface area contributed by atoms with E-state index in [1.807, 2.05) is 30.3 Å². The molecule has 0 aliphatic rings. The molecular weight excluding hydrogens is 464 g/mol. The van der Waals surface area contributed by atoms with Crippen molar-refractivity contribution in [1.29, 1.82) is 0 Å². The molecule has 0 amide bonds. The number of nitrogens with zero attached hydrogens (tertiary/aromatic N) is 4. The van der Waals surface area contributed by atoms with Gasteiger partial charge in [0.1, 0.15) is 0 Å². The van der Waals surface area contributed by atoms with Crippen molar-refractivity contribution in [3.63, 3.8) is 0 Å². The maximum absolute atomic E-state index is 14.5. The van der Waals surface area contributed by atoms with E-state index >= 15 is 0 Å². The Balaban J connectivity index is 1.73. The molecule has 0 unspecified atom stereocenters. The van der Waals surface area contributed by atoms with Crippen LogP contribution in [0.5, 0.6) is 0 Å². The Morgan fingerprint density at radius 3 is 2.63 bits per heavy atom.